The molecule has 0 saturated carbocycles. The van der Waals surface area contributed by atoms with Crippen molar-refractivity contribution in [1.29, 1.82) is 0 Å². The number of nitrogens with zero attached hydrogens (tertiary/aromatic N) is 2. The first kappa shape index (κ1) is 26.0. The number of halogens is 2. The topological polar surface area (TPSA) is 72.2 Å². The smallest absolute Gasteiger partial charge is 0.141 e. The highest BCUT2D eigenvalue weighted by atomic mass is 35.5. The second-order valence-electron chi connectivity index (χ2n) is 8.64. The third-order valence-corrected chi connectivity index (χ3v) is 7.01. The van der Waals surface area contributed by atoms with Crippen LogP contribution in [-0.2, 0) is 6.61 Å². The maximum Gasteiger partial charge on any atom is 0.141 e. The Hall–Kier alpha value is -3.59. The summed E-state index contributed by atoms with van der Waals surface area (Å²) >= 11 is 8.25. The van der Waals surface area contributed by atoms with Gasteiger partial charge in [-0.25, -0.2) is 14.4 Å². The molecule has 2 N–H and O–H groups in total. The summed E-state index contributed by atoms with van der Waals surface area (Å²) in [5.41, 5.74) is 3.20. The van der Waals surface area contributed by atoms with Crippen LogP contribution in [-0.4, -0.2) is 29.0 Å². The molecule has 0 unspecified atom stereocenters. The van der Waals surface area contributed by atoms with E-state index in [9.17, 15) is 4.39 Å². The van der Waals surface area contributed by atoms with Gasteiger partial charge >= 0.3 is 0 Å². The monoisotopic (exact) mass is 548 g/mol. The van der Waals surface area contributed by atoms with Gasteiger partial charge in [0.2, 0.25) is 0 Å². The van der Waals surface area contributed by atoms with Crippen molar-refractivity contribution in [2.24, 2.45) is 0 Å². The molecule has 38 heavy (non-hydrogen) atoms. The minimum Gasteiger partial charge on any atom is -0.487 e. The van der Waals surface area contributed by atoms with Crippen LogP contribution in [0.3, 0.4) is 0 Å². The van der Waals surface area contributed by atoms with Crippen molar-refractivity contribution >= 4 is 45.8 Å². The van der Waals surface area contributed by atoms with Crippen LogP contribution in [0.5, 0.6) is 5.75 Å². The van der Waals surface area contributed by atoms with Gasteiger partial charge in [0.05, 0.1) is 16.6 Å². The van der Waals surface area contributed by atoms with E-state index in [1.807, 2.05) is 43.4 Å². The highest BCUT2D eigenvalue weighted by Crippen LogP contribution is 2.33. The summed E-state index contributed by atoms with van der Waals surface area (Å²) < 4.78 is 25.4. The van der Waals surface area contributed by atoms with Crippen LogP contribution in [0.4, 0.5) is 15.9 Å². The number of thioether (sulfide) groups is 1. The molecule has 0 radical (unpaired) electrons. The average Bonchev–Trinajstić information content (AvgIpc) is 3.41. The van der Waals surface area contributed by atoms with Gasteiger partial charge in [-0.05, 0) is 79.5 Å². The van der Waals surface area contributed by atoms with E-state index in [1.165, 1.54) is 18.5 Å². The van der Waals surface area contributed by atoms with Crippen LogP contribution in [0.1, 0.15) is 17.4 Å². The molecule has 1 atom stereocenters. The van der Waals surface area contributed by atoms with E-state index in [4.69, 9.17) is 20.8 Å². The van der Waals surface area contributed by atoms with Crippen LogP contribution in [0.2, 0.25) is 5.02 Å². The number of anilines is 2. The molecule has 0 saturated heterocycles. The fourth-order valence-electron chi connectivity index (χ4n) is 4.10. The zero-order valence-electron chi connectivity index (χ0n) is 20.9. The summed E-state index contributed by atoms with van der Waals surface area (Å²) in [5, 5.41) is 7.91. The molecule has 194 valence electrons. The van der Waals surface area contributed by atoms with E-state index in [0.717, 1.165) is 45.0 Å². The third-order valence-electron chi connectivity index (χ3n) is 6.05. The molecule has 0 aliphatic heterocycles. The zero-order chi connectivity index (χ0) is 26.5. The van der Waals surface area contributed by atoms with Crippen LogP contribution in [0.15, 0.2) is 83.5 Å². The van der Waals surface area contributed by atoms with Gasteiger partial charge in [0, 0.05) is 22.4 Å². The summed E-state index contributed by atoms with van der Waals surface area (Å²) in [5.74, 6) is 3.44. The molecular weight excluding hydrogens is 523 g/mol. The molecule has 0 aliphatic carbocycles. The molecule has 9 heteroatoms. The lowest BCUT2D eigenvalue weighted by Crippen LogP contribution is -2.17. The Labute approximate surface area is 229 Å². The van der Waals surface area contributed by atoms with Crippen molar-refractivity contribution in [3.8, 4) is 17.1 Å². The van der Waals surface area contributed by atoms with Gasteiger partial charge in [-0.15, -0.1) is 0 Å². The first-order valence-corrected chi connectivity index (χ1v) is 13.8. The molecule has 0 spiro atoms. The Kier molecular flexibility index (Phi) is 8.12. The highest BCUT2D eigenvalue weighted by molar-refractivity contribution is 7.98. The van der Waals surface area contributed by atoms with Gasteiger partial charge in [-0.3, -0.25) is 0 Å². The van der Waals surface area contributed by atoms with Gasteiger partial charge in [0.1, 0.15) is 41.8 Å². The van der Waals surface area contributed by atoms with E-state index in [-0.39, 0.29) is 18.5 Å². The summed E-state index contributed by atoms with van der Waals surface area (Å²) in [7, 11) is 1.93. The van der Waals surface area contributed by atoms with Crippen LogP contribution < -0.4 is 15.4 Å². The van der Waals surface area contributed by atoms with Gasteiger partial charge in [-0.2, -0.15) is 11.8 Å². The van der Waals surface area contributed by atoms with Crippen LogP contribution >= 0.6 is 23.4 Å². The fourth-order valence-corrected chi connectivity index (χ4v) is 5.00. The maximum absolute atomic E-state index is 13.4. The Morgan fingerprint density at radius 2 is 1.95 bits per heavy atom. The summed E-state index contributed by atoms with van der Waals surface area (Å²) in [6, 6.07) is 21.8. The zero-order valence-corrected chi connectivity index (χ0v) is 22.4. The van der Waals surface area contributed by atoms with Crippen molar-refractivity contribution in [2.75, 3.05) is 24.4 Å². The van der Waals surface area contributed by atoms with Crippen molar-refractivity contribution in [2.45, 2.75) is 12.6 Å². The number of fused-ring (bicyclic) bond motifs is 1. The number of ether oxygens (including phenoxy) is 1. The summed E-state index contributed by atoms with van der Waals surface area (Å²) in [6.45, 7) is 0.213. The summed E-state index contributed by atoms with van der Waals surface area (Å²) in [4.78, 5) is 8.88. The van der Waals surface area contributed by atoms with Gasteiger partial charge < -0.3 is 19.8 Å². The minimum absolute atomic E-state index is 0.144. The molecule has 2 aromatic heterocycles. The normalized spacial score (nSPS) is 12.0. The number of hydrogen-bond acceptors (Lipinski definition) is 7. The van der Waals surface area contributed by atoms with Gasteiger partial charge in [0.25, 0.3) is 0 Å². The third kappa shape index (κ3) is 5.93. The number of furan rings is 1. The number of rotatable bonds is 10. The maximum atomic E-state index is 13.4. The SMILES string of the molecule is CN[C@@H](CSC)c1ccc(-c2ccc3ncnc(Nc4ccc(OCc5cccc(F)c5)c(Cl)c4)c3c2)o1. The minimum atomic E-state index is -0.303. The largest absolute Gasteiger partial charge is 0.487 e. The molecule has 2 heterocycles. The molecule has 0 aliphatic rings. The van der Waals surface area contributed by atoms with E-state index >= 15 is 0 Å². The molecule has 0 bridgehead atoms. The quantitative estimate of drug-likeness (QED) is 0.186. The molecule has 0 amide bonds. The van der Waals surface area contributed by atoms with Crippen molar-refractivity contribution in [3.63, 3.8) is 0 Å². The molecule has 5 rings (SSSR count). The fraction of sp³-hybridized carbons (Fsp3) is 0.172. The Morgan fingerprint density at radius 1 is 1.05 bits per heavy atom. The van der Waals surface area contributed by atoms with E-state index in [1.54, 1.807) is 36.0 Å². The average molecular weight is 549 g/mol. The lowest BCUT2D eigenvalue weighted by atomic mass is 10.1. The number of benzene rings is 3. The Morgan fingerprint density at radius 3 is 2.74 bits per heavy atom. The van der Waals surface area contributed by atoms with E-state index in [2.05, 4.69) is 26.9 Å². The number of hydrogen-bond donors (Lipinski definition) is 2. The highest BCUT2D eigenvalue weighted by Gasteiger charge is 2.15. The molecular formula is C29H26ClFN4O2S. The molecule has 5 aromatic rings. The van der Waals surface area contributed by atoms with Crippen molar-refractivity contribution in [1.82, 2.24) is 15.3 Å². The lowest BCUT2D eigenvalue weighted by Gasteiger charge is -2.13. The summed E-state index contributed by atoms with van der Waals surface area (Å²) in [6.07, 6.45) is 3.60. The second-order valence-corrected chi connectivity index (χ2v) is 9.96. The van der Waals surface area contributed by atoms with Gasteiger partial charge in [-0.1, -0.05) is 23.7 Å². The Bertz CT molecular complexity index is 1560. The predicted molar refractivity (Wildman–Crippen MR) is 153 cm³/mol. The van der Waals surface area contributed by atoms with E-state index in [0.29, 0.717) is 16.6 Å². The predicted octanol–water partition coefficient (Wildman–Crippen LogP) is 7.63. The van der Waals surface area contributed by atoms with Crippen molar-refractivity contribution < 1.29 is 13.5 Å². The number of aromatic nitrogens is 2. The van der Waals surface area contributed by atoms with Crippen LogP contribution in [0, 0.1) is 5.82 Å². The first-order valence-electron chi connectivity index (χ1n) is 12.0. The van der Waals surface area contributed by atoms with Crippen molar-refractivity contribution in [3.05, 3.63) is 101 Å². The molecule has 0 fully saturated rings. The first-order chi connectivity index (χ1) is 18.5. The van der Waals surface area contributed by atoms with E-state index < -0.39 is 0 Å². The van der Waals surface area contributed by atoms with Crippen LogP contribution in [0.25, 0.3) is 22.2 Å². The lowest BCUT2D eigenvalue weighted by molar-refractivity contribution is 0.306. The second kappa shape index (κ2) is 11.9. The van der Waals surface area contributed by atoms with Gasteiger partial charge in [0.15, 0.2) is 0 Å². The Balaban J connectivity index is 1.36. The molecule has 6 nitrogen and oxygen atoms in total. The molecule has 3 aromatic carbocycles. The standard InChI is InChI=1S/C29H26ClFN4O2S/c1-32-25(16-38-2)28-11-10-26(37-28)19-6-8-24-22(13-19)29(34-17-33-24)35-21-7-9-27(23(30)14-21)36-15-18-4-3-5-20(31)12-18/h3-14,17,25,32H,15-16H2,1-2H3,(H,33,34,35)/t25-/m0/s1. The number of nitrogens with one attached hydrogen (secondary N) is 2.